The van der Waals surface area contributed by atoms with Crippen LogP contribution >= 0.6 is 0 Å². The van der Waals surface area contributed by atoms with Crippen LogP contribution in [0, 0.1) is 11.7 Å². The zero-order valence-corrected chi connectivity index (χ0v) is 11.9. The van der Waals surface area contributed by atoms with Crippen LogP contribution in [0.1, 0.15) is 38.3 Å². The quantitative estimate of drug-likeness (QED) is 0.906. The van der Waals surface area contributed by atoms with Gasteiger partial charge < -0.3 is 5.32 Å². The normalized spacial score (nSPS) is 32.9. The van der Waals surface area contributed by atoms with E-state index in [9.17, 15) is 12.8 Å². The lowest BCUT2D eigenvalue weighted by Gasteiger charge is -2.36. The minimum Gasteiger partial charge on any atom is -0.307 e. The van der Waals surface area contributed by atoms with Gasteiger partial charge in [-0.25, -0.2) is 12.8 Å². The van der Waals surface area contributed by atoms with E-state index in [2.05, 4.69) is 5.32 Å². The van der Waals surface area contributed by atoms with Gasteiger partial charge in [0.25, 0.3) is 0 Å². The number of halogens is 1. The third kappa shape index (κ3) is 1.99. The monoisotopic (exact) mass is 283 g/mol. The van der Waals surface area contributed by atoms with E-state index in [0.717, 1.165) is 12.8 Å². The highest BCUT2D eigenvalue weighted by molar-refractivity contribution is 7.92. The summed E-state index contributed by atoms with van der Waals surface area (Å²) < 4.78 is 38.8. The molecule has 0 bridgehead atoms. The topological polar surface area (TPSA) is 46.2 Å². The van der Waals surface area contributed by atoms with E-state index >= 15 is 0 Å². The summed E-state index contributed by atoms with van der Waals surface area (Å²) in [5, 5.41) is 2.90. The Bertz CT molecular complexity index is 610. The Hall–Kier alpha value is -0.940. The minimum absolute atomic E-state index is 0.0556. The van der Waals surface area contributed by atoms with E-state index in [1.807, 2.05) is 6.92 Å². The standard InChI is InChI=1S/C14H18FNO2S/c1-8-9(2)19(17,18)14-11(4-3-5-12(14)15)13(8)16-10-6-7-10/h3-5,8-10,13,16H,6-7H2,1-2H3. The van der Waals surface area contributed by atoms with Gasteiger partial charge in [-0.3, -0.25) is 0 Å². The molecule has 0 radical (unpaired) electrons. The first-order chi connectivity index (χ1) is 8.93. The van der Waals surface area contributed by atoms with E-state index in [1.54, 1.807) is 19.1 Å². The van der Waals surface area contributed by atoms with Crippen LogP contribution in [-0.2, 0) is 9.84 Å². The van der Waals surface area contributed by atoms with Gasteiger partial charge >= 0.3 is 0 Å². The molecule has 1 heterocycles. The molecule has 1 aliphatic carbocycles. The molecule has 3 unspecified atom stereocenters. The molecule has 1 fully saturated rings. The summed E-state index contributed by atoms with van der Waals surface area (Å²) in [4.78, 5) is -0.0984. The van der Waals surface area contributed by atoms with Crippen molar-refractivity contribution in [1.29, 1.82) is 0 Å². The molecule has 19 heavy (non-hydrogen) atoms. The molecule has 1 aromatic rings. The largest absolute Gasteiger partial charge is 0.307 e. The fourth-order valence-corrected chi connectivity index (χ4v) is 4.80. The zero-order chi connectivity index (χ0) is 13.8. The van der Waals surface area contributed by atoms with Gasteiger partial charge in [0.05, 0.1) is 5.25 Å². The summed E-state index contributed by atoms with van der Waals surface area (Å²) in [5.74, 6) is -0.682. The van der Waals surface area contributed by atoms with Crippen LogP contribution in [0.4, 0.5) is 4.39 Å². The summed E-state index contributed by atoms with van der Waals surface area (Å²) >= 11 is 0. The second kappa shape index (κ2) is 4.28. The molecule has 0 amide bonds. The summed E-state index contributed by atoms with van der Waals surface area (Å²) in [7, 11) is -3.56. The number of sulfone groups is 1. The molecule has 3 nitrogen and oxygen atoms in total. The van der Waals surface area contributed by atoms with Crippen molar-refractivity contribution in [3.05, 3.63) is 29.6 Å². The first-order valence-electron chi connectivity index (χ1n) is 6.71. The number of hydrogen-bond donors (Lipinski definition) is 1. The molecule has 1 N–H and O–H groups in total. The summed E-state index contributed by atoms with van der Waals surface area (Å²) in [6.45, 7) is 3.60. The van der Waals surface area contributed by atoms with Crippen LogP contribution in [0.2, 0.25) is 0 Å². The molecule has 5 heteroatoms. The van der Waals surface area contributed by atoms with Crippen LogP contribution in [0.15, 0.2) is 23.1 Å². The van der Waals surface area contributed by atoms with E-state index in [4.69, 9.17) is 0 Å². The Labute approximate surface area is 113 Å². The lowest BCUT2D eigenvalue weighted by atomic mass is 9.91. The van der Waals surface area contributed by atoms with Gasteiger partial charge in [-0.15, -0.1) is 0 Å². The average Bonchev–Trinajstić information content (AvgIpc) is 3.16. The molecule has 0 aromatic heterocycles. The van der Waals surface area contributed by atoms with Gasteiger partial charge in [0.2, 0.25) is 0 Å². The number of benzene rings is 1. The van der Waals surface area contributed by atoms with Gasteiger partial charge in [-0.1, -0.05) is 19.1 Å². The van der Waals surface area contributed by atoms with Crippen molar-refractivity contribution >= 4 is 9.84 Å². The summed E-state index contributed by atoms with van der Waals surface area (Å²) in [6.07, 6.45) is 2.24. The average molecular weight is 283 g/mol. The maximum absolute atomic E-state index is 14.0. The van der Waals surface area contributed by atoms with E-state index < -0.39 is 20.9 Å². The van der Waals surface area contributed by atoms with E-state index in [1.165, 1.54) is 6.07 Å². The van der Waals surface area contributed by atoms with Crippen LogP contribution in [0.25, 0.3) is 0 Å². The number of nitrogens with one attached hydrogen (secondary N) is 1. The lowest BCUT2D eigenvalue weighted by molar-refractivity contribution is 0.350. The molecule has 0 saturated heterocycles. The minimum atomic E-state index is -3.56. The SMILES string of the molecule is CC1C(NC2CC2)c2cccc(F)c2S(=O)(=O)C1C. The Morgan fingerprint density at radius 3 is 2.58 bits per heavy atom. The zero-order valence-electron chi connectivity index (χ0n) is 11.1. The van der Waals surface area contributed by atoms with Crippen molar-refractivity contribution in [3.63, 3.8) is 0 Å². The summed E-state index contributed by atoms with van der Waals surface area (Å²) in [5.41, 5.74) is 0.595. The van der Waals surface area contributed by atoms with Crippen molar-refractivity contribution in [3.8, 4) is 0 Å². The highest BCUT2D eigenvalue weighted by Crippen LogP contribution is 2.42. The Balaban J connectivity index is 2.16. The third-order valence-electron chi connectivity index (χ3n) is 4.37. The predicted molar refractivity (Wildman–Crippen MR) is 71.1 cm³/mol. The van der Waals surface area contributed by atoms with Crippen molar-refractivity contribution in [1.82, 2.24) is 5.32 Å². The van der Waals surface area contributed by atoms with Gasteiger partial charge in [0.1, 0.15) is 10.7 Å². The second-order valence-electron chi connectivity index (χ2n) is 5.69. The highest BCUT2D eigenvalue weighted by atomic mass is 32.2. The molecule has 104 valence electrons. The van der Waals surface area contributed by atoms with E-state index in [-0.39, 0.29) is 16.9 Å². The number of fused-ring (bicyclic) bond motifs is 1. The predicted octanol–water partition coefficient (Wildman–Crippen LogP) is 2.43. The third-order valence-corrected chi connectivity index (χ3v) is 6.77. The van der Waals surface area contributed by atoms with Gasteiger partial charge in [0, 0.05) is 12.1 Å². The molecule has 1 aliphatic heterocycles. The second-order valence-corrected chi connectivity index (χ2v) is 7.93. The van der Waals surface area contributed by atoms with Crippen molar-refractivity contribution in [2.45, 2.75) is 48.9 Å². The van der Waals surface area contributed by atoms with Crippen LogP contribution in [0.5, 0.6) is 0 Å². The van der Waals surface area contributed by atoms with Crippen molar-refractivity contribution in [2.24, 2.45) is 5.92 Å². The fourth-order valence-electron chi connectivity index (χ4n) is 2.84. The smallest absolute Gasteiger partial charge is 0.184 e. The maximum atomic E-state index is 14.0. The molecule has 3 rings (SSSR count). The van der Waals surface area contributed by atoms with Crippen LogP contribution < -0.4 is 5.32 Å². The van der Waals surface area contributed by atoms with Gasteiger partial charge in [-0.05, 0) is 37.3 Å². The highest BCUT2D eigenvalue weighted by Gasteiger charge is 2.44. The number of hydrogen-bond acceptors (Lipinski definition) is 3. The summed E-state index contributed by atoms with van der Waals surface area (Å²) in [6, 6.07) is 4.94. The Morgan fingerprint density at radius 1 is 1.26 bits per heavy atom. The molecule has 3 atom stereocenters. The van der Waals surface area contributed by atoms with Gasteiger partial charge in [-0.2, -0.15) is 0 Å². The maximum Gasteiger partial charge on any atom is 0.184 e. The Morgan fingerprint density at radius 2 is 1.95 bits per heavy atom. The number of rotatable bonds is 2. The Kier molecular flexibility index (Phi) is 2.94. The molecule has 1 aromatic carbocycles. The van der Waals surface area contributed by atoms with Crippen molar-refractivity contribution in [2.75, 3.05) is 0 Å². The lowest BCUT2D eigenvalue weighted by Crippen LogP contribution is -2.42. The van der Waals surface area contributed by atoms with Crippen molar-refractivity contribution < 1.29 is 12.8 Å². The molecule has 1 saturated carbocycles. The van der Waals surface area contributed by atoms with Crippen LogP contribution in [0.3, 0.4) is 0 Å². The first kappa shape index (κ1) is 13.1. The van der Waals surface area contributed by atoms with Crippen LogP contribution in [-0.4, -0.2) is 19.7 Å². The molecular formula is C14H18FNO2S. The molecule has 2 aliphatic rings. The first-order valence-corrected chi connectivity index (χ1v) is 8.26. The molecule has 0 spiro atoms. The fraction of sp³-hybridized carbons (Fsp3) is 0.571. The molecular weight excluding hydrogens is 265 g/mol. The van der Waals surface area contributed by atoms with E-state index in [0.29, 0.717) is 11.6 Å². The van der Waals surface area contributed by atoms with Gasteiger partial charge in [0.15, 0.2) is 9.84 Å².